The Balaban J connectivity index is 1.82. The average molecular weight is 519 g/mol. The van der Waals surface area contributed by atoms with Crippen LogP contribution in [-0.2, 0) is 50.1 Å². The van der Waals surface area contributed by atoms with Crippen LogP contribution in [0.2, 0.25) is 0 Å². The van der Waals surface area contributed by atoms with E-state index in [1.807, 2.05) is 18.2 Å². The van der Waals surface area contributed by atoms with Crippen molar-refractivity contribution < 1.29 is 38.1 Å². The number of carbonyl (C=O) groups is 4. The number of anilines is 1. The van der Waals surface area contributed by atoms with Gasteiger partial charge in [-0.15, -0.1) is 0 Å². The summed E-state index contributed by atoms with van der Waals surface area (Å²) in [6.07, 6.45) is 1.36. The number of amides is 1. The molecule has 0 radical (unpaired) electrons. The standard InChI is InChI=1S/C28H26N2O8/c1-4-14-36-26(33)22-17(2)38-24(29)23(25(32)35-3)28(22)19-12-8-9-13-20(19)30(27(28)34)15-21(31)37-16-18-10-6-5-7-11-18/h4-13H,1,14-16,29H2,2-3H3. The summed E-state index contributed by atoms with van der Waals surface area (Å²) in [5.41, 5.74) is 4.68. The van der Waals surface area contributed by atoms with Crippen LogP contribution in [-0.4, -0.2) is 44.1 Å². The second-order valence-corrected chi connectivity index (χ2v) is 8.46. The lowest BCUT2D eigenvalue weighted by atomic mass is 9.67. The summed E-state index contributed by atoms with van der Waals surface area (Å²) in [7, 11) is 1.11. The summed E-state index contributed by atoms with van der Waals surface area (Å²) in [4.78, 5) is 54.8. The number of nitrogens with zero attached hydrogens (tertiary/aromatic N) is 1. The molecule has 0 aliphatic carbocycles. The third kappa shape index (κ3) is 4.30. The van der Waals surface area contributed by atoms with E-state index < -0.39 is 47.2 Å². The lowest BCUT2D eigenvalue weighted by Crippen LogP contribution is -2.51. The number of hydrogen-bond acceptors (Lipinski definition) is 9. The molecule has 1 amide bonds. The molecule has 0 bridgehead atoms. The molecule has 4 rings (SSSR count). The summed E-state index contributed by atoms with van der Waals surface area (Å²) < 4.78 is 21.2. The Kier molecular flexibility index (Phi) is 7.33. The van der Waals surface area contributed by atoms with Crippen molar-refractivity contribution in [2.45, 2.75) is 18.9 Å². The number of para-hydroxylation sites is 1. The van der Waals surface area contributed by atoms with Crippen molar-refractivity contribution in [2.24, 2.45) is 5.73 Å². The Morgan fingerprint density at radius 1 is 1.03 bits per heavy atom. The van der Waals surface area contributed by atoms with E-state index >= 15 is 0 Å². The SMILES string of the molecule is C=CCOC(=O)C1=C(C)OC(N)=C(C(=O)OC)C12C(=O)N(CC(=O)OCc1ccccc1)c1ccccc12. The van der Waals surface area contributed by atoms with Gasteiger partial charge in [-0.2, -0.15) is 0 Å². The molecule has 2 heterocycles. The first kappa shape index (κ1) is 26.2. The van der Waals surface area contributed by atoms with Crippen LogP contribution in [0.4, 0.5) is 5.69 Å². The van der Waals surface area contributed by atoms with Crippen molar-refractivity contribution in [3.05, 3.63) is 101 Å². The Bertz CT molecular complexity index is 1380. The lowest BCUT2D eigenvalue weighted by molar-refractivity contribution is -0.144. The third-order valence-corrected chi connectivity index (χ3v) is 6.23. The van der Waals surface area contributed by atoms with E-state index in [2.05, 4.69) is 6.58 Å². The lowest BCUT2D eigenvalue weighted by Gasteiger charge is -2.36. The number of allylic oxidation sites excluding steroid dienone is 1. The van der Waals surface area contributed by atoms with Crippen molar-refractivity contribution in [2.75, 3.05) is 25.2 Å². The number of ether oxygens (including phenoxy) is 4. The molecule has 1 spiro atoms. The van der Waals surface area contributed by atoms with Crippen LogP contribution in [0.5, 0.6) is 0 Å². The van der Waals surface area contributed by atoms with Crippen molar-refractivity contribution in [3.8, 4) is 0 Å². The number of carbonyl (C=O) groups excluding carboxylic acids is 4. The highest BCUT2D eigenvalue weighted by Gasteiger charge is 2.64. The smallest absolute Gasteiger partial charge is 0.340 e. The largest absolute Gasteiger partial charge is 0.465 e. The average Bonchev–Trinajstić information content (AvgIpc) is 3.14. The quantitative estimate of drug-likeness (QED) is 0.317. The molecule has 10 heteroatoms. The second-order valence-electron chi connectivity index (χ2n) is 8.46. The van der Waals surface area contributed by atoms with Gasteiger partial charge in [-0.05, 0) is 18.6 Å². The van der Waals surface area contributed by atoms with Gasteiger partial charge in [0.25, 0.3) is 0 Å². The van der Waals surface area contributed by atoms with Gasteiger partial charge in [0.1, 0.15) is 42.1 Å². The van der Waals surface area contributed by atoms with Gasteiger partial charge < -0.3 is 24.7 Å². The molecule has 10 nitrogen and oxygen atoms in total. The molecule has 0 aromatic heterocycles. The predicted octanol–water partition coefficient (Wildman–Crippen LogP) is 2.39. The number of fused-ring (bicyclic) bond motifs is 2. The molecule has 0 saturated carbocycles. The van der Waals surface area contributed by atoms with Crippen LogP contribution in [0.1, 0.15) is 18.1 Å². The van der Waals surface area contributed by atoms with Crippen LogP contribution in [0.3, 0.4) is 0 Å². The highest BCUT2D eigenvalue weighted by atomic mass is 16.5. The Labute approximate surface area is 218 Å². The van der Waals surface area contributed by atoms with Crippen molar-refractivity contribution in [1.82, 2.24) is 0 Å². The van der Waals surface area contributed by atoms with E-state index in [4.69, 9.17) is 24.7 Å². The van der Waals surface area contributed by atoms with Crippen LogP contribution in [0.15, 0.2) is 90.0 Å². The molecule has 2 aliphatic rings. The third-order valence-electron chi connectivity index (χ3n) is 6.23. The summed E-state index contributed by atoms with van der Waals surface area (Å²) in [6, 6.07) is 15.5. The van der Waals surface area contributed by atoms with Gasteiger partial charge in [0.15, 0.2) is 0 Å². The van der Waals surface area contributed by atoms with Gasteiger partial charge in [0.05, 0.1) is 7.11 Å². The molecule has 0 fully saturated rings. The molecular formula is C28H26N2O8. The number of hydrogen-bond donors (Lipinski definition) is 1. The zero-order valence-electron chi connectivity index (χ0n) is 20.9. The fraction of sp³-hybridized carbons (Fsp3) is 0.214. The van der Waals surface area contributed by atoms with Gasteiger partial charge in [0, 0.05) is 11.3 Å². The fourth-order valence-corrected chi connectivity index (χ4v) is 4.71. The van der Waals surface area contributed by atoms with Gasteiger partial charge in [-0.25, -0.2) is 9.59 Å². The van der Waals surface area contributed by atoms with Crippen molar-refractivity contribution in [3.63, 3.8) is 0 Å². The maximum atomic E-state index is 14.4. The number of methoxy groups -OCH3 is 1. The molecule has 38 heavy (non-hydrogen) atoms. The molecule has 2 aromatic carbocycles. The van der Waals surface area contributed by atoms with Crippen LogP contribution >= 0.6 is 0 Å². The first-order chi connectivity index (χ1) is 18.3. The highest BCUT2D eigenvalue weighted by molar-refractivity contribution is 6.23. The summed E-state index contributed by atoms with van der Waals surface area (Å²) in [5, 5.41) is 0. The molecule has 0 saturated heterocycles. The van der Waals surface area contributed by atoms with Crippen LogP contribution in [0, 0.1) is 0 Å². The molecule has 1 atom stereocenters. The Hall–Kier alpha value is -4.86. The van der Waals surface area contributed by atoms with Crippen LogP contribution in [0.25, 0.3) is 0 Å². The van der Waals surface area contributed by atoms with Gasteiger partial charge >= 0.3 is 17.9 Å². The first-order valence-corrected chi connectivity index (χ1v) is 11.6. The van der Waals surface area contributed by atoms with E-state index in [1.54, 1.807) is 36.4 Å². The topological polar surface area (TPSA) is 134 Å². The predicted molar refractivity (Wildman–Crippen MR) is 135 cm³/mol. The number of benzene rings is 2. The van der Waals surface area contributed by atoms with Gasteiger partial charge in [0.2, 0.25) is 11.8 Å². The minimum absolute atomic E-state index is 0.000729. The number of nitrogens with two attached hydrogens (primary N) is 1. The second kappa shape index (κ2) is 10.6. The van der Waals surface area contributed by atoms with Crippen LogP contribution < -0.4 is 10.6 Å². The number of rotatable bonds is 8. The van der Waals surface area contributed by atoms with E-state index in [-0.39, 0.29) is 35.8 Å². The zero-order valence-corrected chi connectivity index (χ0v) is 20.9. The van der Waals surface area contributed by atoms with E-state index in [0.717, 1.165) is 17.6 Å². The van der Waals surface area contributed by atoms with E-state index in [1.165, 1.54) is 13.0 Å². The zero-order chi connectivity index (χ0) is 27.4. The maximum absolute atomic E-state index is 14.4. The molecule has 1 unspecified atom stereocenters. The van der Waals surface area contributed by atoms with Crippen molar-refractivity contribution in [1.29, 1.82) is 0 Å². The first-order valence-electron chi connectivity index (χ1n) is 11.6. The Morgan fingerprint density at radius 2 is 1.71 bits per heavy atom. The van der Waals surface area contributed by atoms with Crippen molar-refractivity contribution >= 4 is 29.5 Å². The fourth-order valence-electron chi connectivity index (χ4n) is 4.71. The molecule has 2 aliphatic heterocycles. The van der Waals surface area contributed by atoms with E-state index in [9.17, 15) is 19.2 Å². The molecule has 2 N–H and O–H groups in total. The minimum Gasteiger partial charge on any atom is -0.465 e. The summed E-state index contributed by atoms with van der Waals surface area (Å²) in [6.45, 7) is 4.31. The summed E-state index contributed by atoms with van der Waals surface area (Å²) in [5.74, 6) is -3.85. The minimum atomic E-state index is -2.09. The molecular weight excluding hydrogens is 492 g/mol. The molecule has 196 valence electrons. The Morgan fingerprint density at radius 3 is 2.39 bits per heavy atom. The van der Waals surface area contributed by atoms with E-state index in [0.29, 0.717) is 0 Å². The van der Waals surface area contributed by atoms with Gasteiger partial charge in [-0.3, -0.25) is 14.5 Å². The number of esters is 3. The van der Waals surface area contributed by atoms with Gasteiger partial charge in [-0.1, -0.05) is 61.2 Å². The molecule has 2 aromatic rings. The maximum Gasteiger partial charge on any atom is 0.340 e. The highest BCUT2D eigenvalue weighted by Crippen LogP contribution is 2.54. The summed E-state index contributed by atoms with van der Waals surface area (Å²) >= 11 is 0. The monoisotopic (exact) mass is 518 g/mol. The normalized spacial score (nSPS) is 18.2.